The molecular weight excluding hydrogens is 327 g/mol. The summed E-state index contributed by atoms with van der Waals surface area (Å²) in [5.74, 6) is -2.24. The first-order valence-corrected chi connectivity index (χ1v) is 7.47. The van der Waals surface area contributed by atoms with Crippen LogP contribution in [-0.4, -0.2) is 30.9 Å². The molecule has 0 aliphatic heterocycles. The molecule has 0 bridgehead atoms. The van der Waals surface area contributed by atoms with Gasteiger partial charge in [0, 0.05) is 5.56 Å². The standard InChI is InChI=1S/C18H17FN2O4/c1-11(20-17(23)12-6-5-7-13(19)10-12)16(22)21-15-9-4-3-8-14(15)18(24)25-2/h3-11H,1-2H3,(H,20,23)(H,21,22)/t11-/m1/s1. The molecule has 0 fully saturated rings. The molecule has 0 unspecified atom stereocenters. The van der Waals surface area contributed by atoms with Crippen molar-refractivity contribution in [1.29, 1.82) is 0 Å². The molecule has 2 rings (SSSR count). The molecule has 0 aliphatic rings. The lowest BCUT2D eigenvalue weighted by molar-refractivity contribution is -0.117. The van der Waals surface area contributed by atoms with Crippen LogP contribution in [0.3, 0.4) is 0 Å². The molecule has 6 nitrogen and oxygen atoms in total. The first-order valence-electron chi connectivity index (χ1n) is 7.47. The normalized spacial score (nSPS) is 11.3. The maximum Gasteiger partial charge on any atom is 0.339 e. The summed E-state index contributed by atoms with van der Waals surface area (Å²) >= 11 is 0. The van der Waals surface area contributed by atoms with E-state index in [4.69, 9.17) is 0 Å². The molecule has 7 heteroatoms. The van der Waals surface area contributed by atoms with Gasteiger partial charge in [0.25, 0.3) is 5.91 Å². The topological polar surface area (TPSA) is 84.5 Å². The fourth-order valence-corrected chi connectivity index (χ4v) is 2.10. The Morgan fingerprint density at radius 2 is 1.80 bits per heavy atom. The van der Waals surface area contributed by atoms with Crippen molar-refractivity contribution in [2.45, 2.75) is 13.0 Å². The number of hydrogen-bond donors (Lipinski definition) is 2. The van der Waals surface area contributed by atoms with E-state index in [9.17, 15) is 18.8 Å². The van der Waals surface area contributed by atoms with Crippen LogP contribution in [0.5, 0.6) is 0 Å². The second kappa shape index (κ2) is 8.05. The maximum absolute atomic E-state index is 13.2. The molecule has 2 aromatic carbocycles. The third kappa shape index (κ3) is 4.63. The van der Waals surface area contributed by atoms with Crippen molar-refractivity contribution in [3.63, 3.8) is 0 Å². The number of ether oxygens (including phenoxy) is 1. The Labute approximate surface area is 144 Å². The second-order valence-corrected chi connectivity index (χ2v) is 5.23. The average molecular weight is 344 g/mol. The molecule has 0 aromatic heterocycles. The van der Waals surface area contributed by atoms with Crippen molar-refractivity contribution in [2.24, 2.45) is 0 Å². The zero-order valence-corrected chi connectivity index (χ0v) is 13.7. The van der Waals surface area contributed by atoms with Gasteiger partial charge in [-0.25, -0.2) is 9.18 Å². The summed E-state index contributed by atoms with van der Waals surface area (Å²) in [6.45, 7) is 1.48. The maximum atomic E-state index is 13.2. The summed E-state index contributed by atoms with van der Waals surface area (Å²) in [4.78, 5) is 36.0. The molecule has 0 spiro atoms. The first kappa shape index (κ1) is 18.1. The van der Waals surface area contributed by atoms with E-state index in [1.165, 1.54) is 38.3 Å². The minimum absolute atomic E-state index is 0.106. The zero-order valence-electron chi connectivity index (χ0n) is 13.7. The van der Waals surface area contributed by atoms with Gasteiger partial charge in [-0.15, -0.1) is 0 Å². The van der Waals surface area contributed by atoms with Crippen LogP contribution in [0.25, 0.3) is 0 Å². The fourth-order valence-electron chi connectivity index (χ4n) is 2.10. The van der Waals surface area contributed by atoms with E-state index in [0.29, 0.717) is 0 Å². The monoisotopic (exact) mass is 344 g/mol. The highest BCUT2D eigenvalue weighted by Gasteiger charge is 2.19. The Hall–Kier alpha value is -3.22. The Balaban J connectivity index is 2.06. The second-order valence-electron chi connectivity index (χ2n) is 5.23. The van der Waals surface area contributed by atoms with E-state index in [-0.39, 0.29) is 16.8 Å². The summed E-state index contributed by atoms with van der Waals surface area (Å²) in [6, 6.07) is 10.6. The van der Waals surface area contributed by atoms with Crippen LogP contribution in [-0.2, 0) is 9.53 Å². The summed E-state index contributed by atoms with van der Waals surface area (Å²) in [6.07, 6.45) is 0. The van der Waals surface area contributed by atoms with Gasteiger partial charge in [0.15, 0.2) is 0 Å². The number of esters is 1. The summed E-state index contributed by atoms with van der Waals surface area (Å²) in [7, 11) is 1.24. The van der Waals surface area contributed by atoms with Crippen LogP contribution in [0.4, 0.5) is 10.1 Å². The minimum atomic E-state index is -0.901. The van der Waals surface area contributed by atoms with Crippen LogP contribution in [0, 0.1) is 5.82 Å². The molecule has 2 amide bonds. The van der Waals surface area contributed by atoms with Crippen molar-refractivity contribution >= 4 is 23.5 Å². The van der Waals surface area contributed by atoms with Gasteiger partial charge < -0.3 is 15.4 Å². The van der Waals surface area contributed by atoms with E-state index in [1.54, 1.807) is 18.2 Å². The van der Waals surface area contributed by atoms with Crippen molar-refractivity contribution in [3.05, 3.63) is 65.5 Å². The Kier molecular flexibility index (Phi) is 5.84. The summed E-state index contributed by atoms with van der Waals surface area (Å²) in [5.41, 5.74) is 0.572. The van der Waals surface area contributed by atoms with Gasteiger partial charge in [-0.05, 0) is 37.3 Å². The molecule has 0 aliphatic carbocycles. The molecule has 130 valence electrons. The lowest BCUT2D eigenvalue weighted by atomic mass is 10.1. The molecule has 2 N–H and O–H groups in total. The van der Waals surface area contributed by atoms with E-state index >= 15 is 0 Å². The number of nitrogens with one attached hydrogen (secondary N) is 2. The molecule has 0 heterocycles. The highest BCUT2D eigenvalue weighted by Crippen LogP contribution is 2.16. The Morgan fingerprint density at radius 3 is 2.48 bits per heavy atom. The first-order chi connectivity index (χ1) is 11.9. The predicted octanol–water partition coefficient (Wildman–Crippen LogP) is 2.37. The van der Waals surface area contributed by atoms with E-state index in [2.05, 4.69) is 15.4 Å². The number of benzene rings is 2. The number of methoxy groups -OCH3 is 1. The molecule has 1 atom stereocenters. The van der Waals surface area contributed by atoms with E-state index in [1.807, 2.05) is 0 Å². The average Bonchev–Trinajstić information content (AvgIpc) is 2.61. The number of halogens is 1. The Morgan fingerprint density at radius 1 is 1.08 bits per heavy atom. The van der Waals surface area contributed by atoms with E-state index in [0.717, 1.165) is 6.07 Å². The third-order valence-electron chi connectivity index (χ3n) is 3.42. The molecule has 2 aromatic rings. The molecule has 0 radical (unpaired) electrons. The lowest BCUT2D eigenvalue weighted by Gasteiger charge is -2.15. The minimum Gasteiger partial charge on any atom is -0.465 e. The van der Waals surface area contributed by atoms with E-state index < -0.39 is 29.6 Å². The zero-order chi connectivity index (χ0) is 18.4. The van der Waals surface area contributed by atoms with Gasteiger partial charge >= 0.3 is 5.97 Å². The summed E-state index contributed by atoms with van der Waals surface area (Å²) in [5, 5.41) is 5.04. The molecule has 25 heavy (non-hydrogen) atoms. The Bertz CT molecular complexity index is 807. The van der Waals surface area contributed by atoms with Gasteiger partial charge in [0.05, 0.1) is 18.4 Å². The van der Waals surface area contributed by atoms with Gasteiger partial charge in [0.2, 0.25) is 5.91 Å². The van der Waals surface area contributed by atoms with Crippen molar-refractivity contribution in [3.8, 4) is 0 Å². The molecule has 0 saturated heterocycles. The molecule has 0 saturated carbocycles. The van der Waals surface area contributed by atoms with Crippen LogP contribution < -0.4 is 10.6 Å². The van der Waals surface area contributed by atoms with Crippen molar-refractivity contribution < 1.29 is 23.5 Å². The largest absolute Gasteiger partial charge is 0.465 e. The van der Waals surface area contributed by atoms with Gasteiger partial charge in [-0.2, -0.15) is 0 Å². The van der Waals surface area contributed by atoms with Crippen LogP contribution >= 0.6 is 0 Å². The van der Waals surface area contributed by atoms with Crippen molar-refractivity contribution in [2.75, 3.05) is 12.4 Å². The quantitative estimate of drug-likeness (QED) is 0.816. The van der Waals surface area contributed by atoms with Gasteiger partial charge in [0.1, 0.15) is 11.9 Å². The number of carbonyl (C=O) groups excluding carboxylic acids is 3. The smallest absolute Gasteiger partial charge is 0.339 e. The van der Waals surface area contributed by atoms with Crippen LogP contribution in [0.15, 0.2) is 48.5 Å². The molecular formula is C18H17FN2O4. The van der Waals surface area contributed by atoms with Crippen LogP contribution in [0.1, 0.15) is 27.6 Å². The fraction of sp³-hybridized carbons (Fsp3) is 0.167. The number of amides is 2. The van der Waals surface area contributed by atoms with Gasteiger partial charge in [-0.3, -0.25) is 9.59 Å². The highest BCUT2D eigenvalue weighted by molar-refractivity contribution is 6.04. The van der Waals surface area contributed by atoms with Crippen LogP contribution in [0.2, 0.25) is 0 Å². The number of anilines is 1. The number of para-hydroxylation sites is 1. The summed E-state index contributed by atoms with van der Waals surface area (Å²) < 4.78 is 17.8. The third-order valence-corrected chi connectivity index (χ3v) is 3.42. The SMILES string of the molecule is COC(=O)c1ccccc1NC(=O)[C@@H](C)NC(=O)c1cccc(F)c1. The van der Waals surface area contributed by atoms with Crippen molar-refractivity contribution in [1.82, 2.24) is 5.32 Å². The number of rotatable bonds is 5. The highest BCUT2D eigenvalue weighted by atomic mass is 19.1. The number of carbonyl (C=O) groups is 3. The lowest BCUT2D eigenvalue weighted by Crippen LogP contribution is -2.41. The number of hydrogen-bond acceptors (Lipinski definition) is 4. The van der Waals surface area contributed by atoms with Gasteiger partial charge in [-0.1, -0.05) is 18.2 Å². The predicted molar refractivity (Wildman–Crippen MR) is 89.7 cm³/mol.